The fourth-order valence-corrected chi connectivity index (χ4v) is 1.46. The predicted octanol–water partition coefficient (Wildman–Crippen LogP) is 2.21. The maximum absolute atomic E-state index is 8.76. The zero-order valence-corrected chi connectivity index (χ0v) is 8.38. The molecule has 0 bridgehead atoms. The Morgan fingerprint density at radius 1 is 1.12 bits per heavy atom. The van der Waals surface area contributed by atoms with E-state index in [-0.39, 0.29) is 0 Å². The number of aromatic nitrogens is 2. The summed E-state index contributed by atoms with van der Waals surface area (Å²) in [6.07, 6.45) is 5.19. The van der Waals surface area contributed by atoms with Gasteiger partial charge in [-0.05, 0) is 29.3 Å². The molecule has 0 fully saturated rings. The summed E-state index contributed by atoms with van der Waals surface area (Å²) in [5.41, 5.74) is 2.58. The lowest BCUT2D eigenvalue weighted by molar-refractivity contribution is 1.04. The molecule has 2 heterocycles. The summed E-state index contributed by atoms with van der Waals surface area (Å²) < 4.78 is 0. The highest BCUT2D eigenvalue weighted by atomic mass is 14.7. The third kappa shape index (κ3) is 1.77. The number of nitriles is 2. The molecule has 2 aromatic rings. The van der Waals surface area contributed by atoms with Gasteiger partial charge in [-0.1, -0.05) is 0 Å². The standard InChI is InChI=1S/C12H8N4/c13-6-11(7-14)12-5-10(8-16-12)9-1-3-15-4-2-9/h1-5,8,11,16H. The van der Waals surface area contributed by atoms with Crippen LogP contribution in [0.15, 0.2) is 36.8 Å². The van der Waals surface area contributed by atoms with E-state index < -0.39 is 5.92 Å². The second-order valence-corrected chi connectivity index (χ2v) is 3.27. The van der Waals surface area contributed by atoms with Crippen molar-refractivity contribution in [3.8, 4) is 23.3 Å². The molecule has 0 unspecified atom stereocenters. The van der Waals surface area contributed by atoms with Crippen molar-refractivity contribution in [3.05, 3.63) is 42.5 Å². The summed E-state index contributed by atoms with van der Waals surface area (Å²) in [4.78, 5) is 6.87. The van der Waals surface area contributed by atoms with Crippen molar-refractivity contribution in [1.82, 2.24) is 9.97 Å². The van der Waals surface area contributed by atoms with E-state index in [0.29, 0.717) is 5.69 Å². The molecule has 0 aromatic carbocycles. The van der Waals surface area contributed by atoms with Gasteiger partial charge < -0.3 is 4.98 Å². The summed E-state index contributed by atoms with van der Waals surface area (Å²) in [6.45, 7) is 0. The van der Waals surface area contributed by atoms with Crippen LogP contribution in [0.25, 0.3) is 11.1 Å². The fraction of sp³-hybridized carbons (Fsp3) is 0.0833. The Bertz CT molecular complexity index is 543. The van der Waals surface area contributed by atoms with E-state index in [9.17, 15) is 0 Å². The van der Waals surface area contributed by atoms with Gasteiger partial charge in [0.25, 0.3) is 0 Å². The SMILES string of the molecule is N#CC(C#N)c1cc(-c2ccncc2)c[nH]1. The molecule has 2 aromatic heterocycles. The van der Waals surface area contributed by atoms with Crippen LogP contribution >= 0.6 is 0 Å². The molecule has 0 radical (unpaired) electrons. The maximum atomic E-state index is 8.76. The minimum absolute atomic E-state index is 0.622. The van der Waals surface area contributed by atoms with E-state index >= 15 is 0 Å². The summed E-state index contributed by atoms with van der Waals surface area (Å²) >= 11 is 0. The number of aromatic amines is 1. The van der Waals surface area contributed by atoms with Crippen molar-refractivity contribution < 1.29 is 0 Å². The highest BCUT2D eigenvalue weighted by molar-refractivity contribution is 5.63. The van der Waals surface area contributed by atoms with Crippen LogP contribution in [0.1, 0.15) is 11.6 Å². The van der Waals surface area contributed by atoms with Crippen LogP contribution in [0.2, 0.25) is 0 Å². The topological polar surface area (TPSA) is 76.3 Å². The van der Waals surface area contributed by atoms with Crippen LogP contribution in [0.5, 0.6) is 0 Å². The number of H-pyrrole nitrogens is 1. The molecule has 4 nitrogen and oxygen atoms in total. The van der Waals surface area contributed by atoms with Crippen LogP contribution in [-0.4, -0.2) is 9.97 Å². The van der Waals surface area contributed by atoms with Gasteiger partial charge in [0.1, 0.15) is 0 Å². The molecule has 0 saturated carbocycles. The first-order valence-corrected chi connectivity index (χ1v) is 4.73. The molecule has 0 aliphatic carbocycles. The first kappa shape index (κ1) is 9.95. The van der Waals surface area contributed by atoms with Crippen molar-refractivity contribution >= 4 is 0 Å². The Kier molecular flexibility index (Phi) is 2.67. The van der Waals surface area contributed by atoms with E-state index in [0.717, 1.165) is 11.1 Å². The molecular formula is C12H8N4. The van der Waals surface area contributed by atoms with Crippen molar-refractivity contribution in [2.24, 2.45) is 0 Å². The van der Waals surface area contributed by atoms with Gasteiger partial charge >= 0.3 is 0 Å². The van der Waals surface area contributed by atoms with Crippen LogP contribution in [0.3, 0.4) is 0 Å². The lowest BCUT2D eigenvalue weighted by Gasteiger charge is -1.95. The highest BCUT2D eigenvalue weighted by Crippen LogP contribution is 2.22. The molecule has 16 heavy (non-hydrogen) atoms. The number of hydrogen-bond acceptors (Lipinski definition) is 3. The van der Waals surface area contributed by atoms with Gasteiger partial charge in [0, 0.05) is 24.3 Å². The second-order valence-electron chi connectivity index (χ2n) is 3.27. The maximum Gasteiger partial charge on any atom is 0.172 e. The normalized spacial score (nSPS) is 9.69. The lowest BCUT2D eigenvalue weighted by atomic mass is 10.1. The smallest absolute Gasteiger partial charge is 0.172 e. The van der Waals surface area contributed by atoms with Crippen molar-refractivity contribution in [1.29, 1.82) is 10.5 Å². The quantitative estimate of drug-likeness (QED) is 0.821. The molecule has 76 valence electrons. The molecule has 0 aliphatic heterocycles. The van der Waals surface area contributed by atoms with Crippen LogP contribution in [0, 0.1) is 22.7 Å². The van der Waals surface area contributed by atoms with Crippen LogP contribution < -0.4 is 0 Å². The number of pyridine rings is 1. The predicted molar refractivity (Wildman–Crippen MR) is 58.0 cm³/mol. The van der Waals surface area contributed by atoms with Crippen molar-refractivity contribution in [3.63, 3.8) is 0 Å². The monoisotopic (exact) mass is 208 g/mol. The van der Waals surface area contributed by atoms with E-state index in [4.69, 9.17) is 10.5 Å². The highest BCUT2D eigenvalue weighted by Gasteiger charge is 2.11. The number of hydrogen-bond donors (Lipinski definition) is 1. The Balaban J connectivity index is 2.35. The molecule has 4 heteroatoms. The van der Waals surface area contributed by atoms with E-state index in [1.165, 1.54) is 0 Å². The molecular weight excluding hydrogens is 200 g/mol. The molecule has 0 spiro atoms. The van der Waals surface area contributed by atoms with Crippen molar-refractivity contribution in [2.45, 2.75) is 5.92 Å². The van der Waals surface area contributed by atoms with Crippen molar-refractivity contribution in [2.75, 3.05) is 0 Å². The number of rotatable bonds is 2. The Labute approximate surface area is 92.8 Å². The Hall–Kier alpha value is -2.59. The molecule has 2 rings (SSSR count). The minimum atomic E-state index is -0.740. The van der Waals surface area contributed by atoms with E-state index in [2.05, 4.69) is 9.97 Å². The molecule has 0 amide bonds. The Morgan fingerprint density at radius 3 is 2.44 bits per heavy atom. The summed E-state index contributed by atoms with van der Waals surface area (Å²) in [5, 5.41) is 17.5. The van der Waals surface area contributed by atoms with Gasteiger partial charge in [-0.3, -0.25) is 4.98 Å². The molecule has 0 atom stereocenters. The average Bonchev–Trinajstić information content (AvgIpc) is 2.81. The molecule has 0 aliphatic rings. The van der Waals surface area contributed by atoms with Gasteiger partial charge in [-0.15, -0.1) is 0 Å². The van der Waals surface area contributed by atoms with Gasteiger partial charge in [0.15, 0.2) is 5.92 Å². The first-order chi connectivity index (χ1) is 7.85. The molecule has 1 N–H and O–H groups in total. The fourth-order valence-electron chi connectivity index (χ4n) is 1.46. The average molecular weight is 208 g/mol. The van der Waals surface area contributed by atoms with Gasteiger partial charge in [0.05, 0.1) is 12.1 Å². The summed E-state index contributed by atoms with van der Waals surface area (Å²) in [5.74, 6) is -0.740. The lowest BCUT2D eigenvalue weighted by Crippen LogP contribution is -1.90. The zero-order valence-electron chi connectivity index (χ0n) is 8.38. The van der Waals surface area contributed by atoms with Gasteiger partial charge in [0.2, 0.25) is 0 Å². The third-order valence-electron chi connectivity index (χ3n) is 2.29. The summed E-state index contributed by atoms with van der Waals surface area (Å²) in [6, 6.07) is 9.42. The largest absolute Gasteiger partial charge is 0.362 e. The molecule has 0 saturated heterocycles. The minimum Gasteiger partial charge on any atom is -0.362 e. The second kappa shape index (κ2) is 4.29. The number of nitrogens with one attached hydrogen (secondary N) is 1. The van der Waals surface area contributed by atoms with Gasteiger partial charge in [-0.2, -0.15) is 10.5 Å². The Morgan fingerprint density at radius 2 is 1.81 bits per heavy atom. The number of nitrogens with zero attached hydrogens (tertiary/aromatic N) is 3. The zero-order chi connectivity index (χ0) is 11.4. The van der Waals surface area contributed by atoms with Gasteiger partial charge in [-0.25, -0.2) is 0 Å². The summed E-state index contributed by atoms with van der Waals surface area (Å²) in [7, 11) is 0. The van der Waals surface area contributed by atoms with E-state index in [1.54, 1.807) is 18.6 Å². The van der Waals surface area contributed by atoms with Crippen LogP contribution in [-0.2, 0) is 0 Å². The first-order valence-electron chi connectivity index (χ1n) is 4.73. The van der Waals surface area contributed by atoms with E-state index in [1.807, 2.05) is 30.3 Å². The van der Waals surface area contributed by atoms with Crippen LogP contribution in [0.4, 0.5) is 0 Å². The third-order valence-corrected chi connectivity index (χ3v) is 2.29.